The number of aryl methyl sites for hydroxylation is 1. The van der Waals surface area contributed by atoms with Gasteiger partial charge in [-0.15, -0.1) is 0 Å². The Morgan fingerprint density at radius 3 is 2.65 bits per heavy atom. The first kappa shape index (κ1) is 16.8. The van der Waals surface area contributed by atoms with E-state index in [1.165, 1.54) is 14.2 Å². The number of likely N-dealkylation sites (N-methyl/N-ethyl adjacent to an activating group) is 1. The largest absolute Gasteiger partial charge is 0.398 e. The lowest BCUT2D eigenvalue weighted by Gasteiger charge is -2.21. The molecule has 0 amide bonds. The summed E-state index contributed by atoms with van der Waals surface area (Å²) in [4.78, 5) is -0.507. The van der Waals surface area contributed by atoms with E-state index >= 15 is 0 Å². The average molecular weight is 306 g/mol. The fraction of sp³-hybridized carbons (Fsp3) is 0.500. The molecule has 1 aromatic carbocycles. The van der Waals surface area contributed by atoms with Gasteiger partial charge in [-0.05, 0) is 24.6 Å². The summed E-state index contributed by atoms with van der Waals surface area (Å²) in [6, 6.07) is 2.15. The summed E-state index contributed by atoms with van der Waals surface area (Å²) in [5, 5.41) is 9.55. The molecule has 0 bridgehead atoms. The van der Waals surface area contributed by atoms with Crippen LogP contribution in [0, 0.1) is 12.7 Å². The highest BCUT2D eigenvalue weighted by Gasteiger charge is 2.26. The second-order valence-electron chi connectivity index (χ2n) is 4.53. The zero-order valence-corrected chi connectivity index (χ0v) is 12.4. The van der Waals surface area contributed by atoms with Crippen LogP contribution in [0.4, 0.5) is 10.1 Å². The number of benzene rings is 1. The standard InChI is InChI=1S/C12H19FN2O4S/c1-8-4-10(13)12(5-11(8)14)20(17,18)15(2)6-9(16)7-19-3/h4-5,9,16H,6-7,14H2,1-3H3. The highest BCUT2D eigenvalue weighted by molar-refractivity contribution is 7.89. The minimum absolute atomic E-state index is 0.0155. The van der Waals surface area contributed by atoms with Crippen LogP contribution in [0.25, 0.3) is 0 Å². The quantitative estimate of drug-likeness (QED) is 0.740. The second-order valence-corrected chi connectivity index (χ2v) is 6.55. The van der Waals surface area contributed by atoms with Crippen LogP contribution in [0.3, 0.4) is 0 Å². The predicted molar refractivity (Wildman–Crippen MR) is 73.2 cm³/mol. The Kier molecular flexibility index (Phi) is 5.46. The maximum Gasteiger partial charge on any atom is 0.245 e. The first-order valence-electron chi connectivity index (χ1n) is 5.89. The number of nitrogens with two attached hydrogens (primary N) is 1. The number of aliphatic hydroxyl groups excluding tert-OH is 1. The number of ether oxygens (including phenoxy) is 1. The van der Waals surface area contributed by atoms with Crippen LogP contribution in [0.15, 0.2) is 17.0 Å². The number of methoxy groups -OCH3 is 1. The van der Waals surface area contributed by atoms with Crippen molar-refractivity contribution in [2.24, 2.45) is 0 Å². The van der Waals surface area contributed by atoms with Gasteiger partial charge in [0.25, 0.3) is 0 Å². The van der Waals surface area contributed by atoms with E-state index in [0.717, 1.165) is 16.4 Å². The molecule has 1 rings (SSSR count). The maximum absolute atomic E-state index is 13.8. The smallest absolute Gasteiger partial charge is 0.245 e. The van der Waals surface area contributed by atoms with Crippen LogP contribution >= 0.6 is 0 Å². The van der Waals surface area contributed by atoms with Gasteiger partial charge in [0, 0.05) is 26.4 Å². The third-order valence-electron chi connectivity index (χ3n) is 2.84. The van der Waals surface area contributed by atoms with Gasteiger partial charge in [0.05, 0.1) is 12.7 Å². The Bertz CT molecular complexity index is 577. The molecule has 1 aromatic rings. The van der Waals surface area contributed by atoms with Gasteiger partial charge in [0.15, 0.2) is 0 Å². The van der Waals surface area contributed by atoms with E-state index in [1.807, 2.05) is 0 Å². The summed E-state index contributed by atoms with van der Waals surface area (Å²) in [7, 11) is -1.42. The Hall–Kier alpha value is -1.22. The molecule has 20 heavy (non-hydrogen) atoms. The van der Waals surface area contributed by atoms with Crippen LogP contribution in [-0.4, -0.2) is 51.2 Å². The zero-order valence-electron chi connectivity index (χ0n) is 11.6. The molecule has 0 aliphatic rings. The number of anilines is 1. The molecule has 0 saturated heterocycles. The van der Waals surface area contributed by atoms with Gasteiger partial charge >= 0.3 is 0 Å². The van der Waals surface area contributed by atoms with Gasteiger partial charge in [-0.2, -0.15) is 4.31 Å². The third kappa shape index (κ3) is 3.66. The summed E-state index contributed by atoms with van der Waals surface area (Å²) in [5.41, 5.74) is 6.27. The molecule has 8 heteroatoms. The van der Waals surface area contributed by atoms with Gasteiger partial charge in [0.1, 0.15) is 10.7 Å². The topological polar surface area (TPSA) is 92.9 Å². The lowest BCUT2D eigenvalue weighted by molar-refractivity contribution is 0.0554. The molecule has 1 unspecified atom stereocenters. The van der Waals surface area contributed by atoms with Crippen molar-refractivity contribution in [3.8, 4) is 0 Å². The second kappa shape index (κ2) is 6.49. The van der Waals surface area contributed by atoms with Crippen LogP contribution in [0.1, 0.15) is 5.56 Å². The molecule has 3 N–H and O–H groups in total. The minimum Gasteiger partial charge on any atom is -0.398 e. The van der Waals surface area contributed by atoms with Crippen molar-refractivity contribution in [3.05, 3.63) is 23.5 Å². The Balaban J connectivity index is 3.07. The molecule has 0 spiro atoms. The maximum atomic E-state index is 13.8. The molecule has 6 nitrogen and oxygen atoms in total. The van der Waals surface area contributed by atoms with E-state index in [-0.39, 0.29) is 18.8 Å². The van der Waals surface area contributed by atoms with Gasteiger partial charge in [-0.3, -0.25) is 0 Å². The van der Waals surface area contributed by atoms with E-state index in [1.54, 1.807) is 6.92 Å². The average Bonchev–Trinajstić information content (AvgIpc) is 2.33. The summed E-state index contributed by atoms with van der Waals surface area (Å²) >= 11 is 0. The Morgan fingerprint density at radius 1 is 1.50 bits per heavy atom. The fourth-order valence-corrected chi connectivity index (χ4v) is 2.96. The summed E-state index contributed by atoms with van der Waals surface area (Å²) < 4.78 is 43.9. The SMILES string of the molecule is COCC(O)CN(C)S(=O)(=O)c1cc(N)c(C)cc1F. The molecule has 0 fully saturated rings. The number of halogens is 1. The summed E-state index contributed by atoms with van der Waals surface area (Å²) in [5.74, 6) is -0.871. The first-order chi connectivity index (χ1) is 9.20. The van der Waals surface area contributed by atoms with Crippen molar-refractivity contribution in [2.75, 3.05) is 33.0 Å². The molecular weight excluding hydrogens is 287 g/mol. The van der Waals surface area contributed by atoms with Crippen molar-refractivity contribution < 1.29 is 22.7 Å². The van der Waals surface area contributed by atoms with Crippen LogP contribution in [-0.2, 0) is 14.8 Å². The van der Waals surface area contributed by atoms with E-state index < -0.39 is 26.8 Å². The van der Waals surface area contributed by atoms with Crippen molar-refractivity contribution >= 4 is 15.7 Å². The van der Waals surface area contributed by atoms with Crippen molar-refractivity contribution in [2.45, 2.75) is 17.9 Å². The molecule has 0 aliphatic heterocycles. The molecule has 0 heterocycles. The highest BCUT2D eigenvalue weighted by atomic mass is 32.2. The zero-order chi connectivity index (χ0) is 15.5. The molecule has 114 valence electrons. The number of hydrogen-bond donors (Lipinski definition) is 2. The number of rotatable bonds is 6. The Morgan fingerprint density at radius 2 is 2.10 bits per heavy atom. The first-order valence-corrected chi connectivity index (χ1v) is 7.33. The van der Waals surface area contributed by atoms with Crippen LogP contribution in [0.5, 0.6) is 0 Å². The molecular formula is C12H19FN2O4S. The summed E-state index contributed by atoms with van der Waals surface area (Å²) in [6.45, 7) is 1.36. The van der Waals surface area contributed by atoms with E-state index in [0.29, 0.717) is 5.56 Å². The molecule has 0 saturated carbocycles. The van der Waals surface area contributed by atoms with Gasteiger partial charge in [0.2, 0.25) is 10.0 Å². The monoisotopic (exact) mass is 306 g/mol. The van der Waals surface area contributed by atoms with E-state index in [4.69, 9.17) is 10.5 Å². The minimum atomic E-state index is -4.06. The highest BCUT2D eigenvalue weighted by Crippen LogP contribution is 2.23. The van der Waals surface area contributed by atoms with Crippen LogP contribution in [0.2, 0.25) is 0 Å². The molecule has 1 atom stereocenters. The molecule has 0 radical (unpaired) electrons. The predicted octanol–water partition coefficient (Wildman–Crippen LogP) is 0.344. The number of aliphatic hydroxyl groups is 1. The lowest BCUT2D eigenvalue weighted by atomic mass is 10.2. The number of sulfonamides is 1. The Labute approximate surface area is 118 Å². The van der Waals surface area contributed by atoms with E-state index in [9.17, 15) is 17.9 Å². The van der Waals surface area contributed by atoms with Crippen molar-refractivity contribution in [3.63, 3.8) is 0 Å². The normalized spacial score (nSPS) is 13.7. The van der Waals surface area contributed by atoms with E-state index in [2.05, 4.69) is 0 Å². The molecule has 0 aliphatic carbocycles. The lowest BCUT2D eigenvalue weighted by Crippen LogP contribution is -2.36. The van der Waals surface area contributed by atoms with Crippen LogP contribution < -0.4 is 5.73 Å². The van der Waals surface area contributed by atoms with Gasteiger partial charge in [-0.1, -0.05) is 0 Å². The number of nitrogens with zero attached hydrogens (tertiary/aromatic N) is 1. The summed E-state index contributed by atoms with van der Waals surface area (Å²) in [6.07, 6.45) is -0.995. The molecule has 0 aromatic heterocycles. The number of nitrogen functional groups attached to an aromatic ring is 1. The van der Waals surface area contributed by atoms with Gasteiger partial charge in [-0.25, -0.2) is 12.8 Å². The fourth-order valence-electron chi connectivity index (χ4n) is 1.67. The van der Waals surface area contributed by atoms with Crippen molar-refractivity contribution in [1.82, 2.24) is 4.31 Å². The number of hydrogen-bond acceptors (Lipinski definition) is 5. The van der Waals surface area contributed by atoms with Crippen molar-refractivity contribution in [1.29, 1.82) is 0 Å². The van der Waals surface area contributed by atoms with Gasteiger partial charge < -0.3 is 15.6 Å². The third-order valence-corrected chi connectivity index (χ3v) is 4.67.